The van der Waals surface area contributed by atoms with E-state index in [0.717, 1.165) is 41.8 Å². The van der Waals surface area contributed by atoms with Crippen molar-refractivity contribution in [3.63, 3.8) is 0 Å². The number of carbonyl (C=O) groups excluding carboxylic acids is 1. The summed E-state index contributed by atoms with van der Waals surface area (Å²) in [5.74, 6) is -0.262. The average molecular weight is 476 g/mol. The van der Waals surface area contributed by atoms with Crippen LogP contribution in [0.1, 0.15) is 38.5 Å². The largest absolute Gasteiger partial charge is 0.312 e. The lowest BCUT2D eigenvalue weighted by atomic mass is 10.0. The van der Waals surface area contributed by atoms with E-state index in [1.54, 1.807) is 4.68 Å². The Labute approximate surface area is 206 Å². The van der Waals surface area contributed by atoms with Crippen molar-refractivity contribution in [3.05, 3.63) is 94.0 Å². The third-order valence-corrected chi connectivity index (χ3v) is 7.60. The third kappa shape index (κ3) is 3.59. The van der Waals surface area contributed by atoms with Gasteiger partial charge in [0.1, 0.15) is 11.1 Å². The van der Waals surface area contributed by atoms with Crippen LogP contribution in [0.25, 0.3) is 28.0 Å². The molecule has 6 rings (SSSR count). The van der Waals surface area contributed by atoms with Crippen molar-refractivity contribution < 1.29 is 4.79 Å². The molecule has 0 spiro atoms. The summed E-state index contributed by atoms with van der Waals surface area (Å²) >= 11 is 1.52. The number of amides is 1. The number of pyridine rings is 1. The molecular weight excluding hydrogens is 454 g/mol. The molecule has 2 aromatic carbocycles. The van der Waals surface area contributed by atoms with Gasteiger partial charge >= 0.3 is 0 Å². The zero-order valence-corrected chi connectivity index (χ0v) is 19.9. The number of carbonyl (C=O) groups is 1. The standard InChI is InChI=1S/C28H21N5OS/c1-17-25-21(27(34)31-28-22(16-29)20-13-8-14-24(20)35-28)15-23(18-9-4-2-5-10-18)30-26(25)33(32-17)19-11-6-3-7-12-19/h2-7,9-12,15H,8,13-14H2,1H3,(H,31,34). The van der Waals surface area contributed by atoms with E-state index in [2.05, 4.69) is 11.4 Å². The van der Waals surface area contributed by atoms with Crippen molar-refractivity contribution in [1.82, 2.24) is 14.8 Å². The number of thiophene rings is 1. The minimum absolute atomic E-state index is 0.262. The maximum Gasteiger partial charge on any atom is 0.257 e. The first kappa shape index (κ1) is 21.3. The Balaban J connectivity index is 1.53. The van der Waals surface area contributed by atoms with Gasteiger partial charge in [-0.2, -0.15) is 10.4 Å². The van der Waals surface area contributed by atoms with Crippen LogP contribution in [0.4, 0.5) is 5.00 Å². The minimum atomic E-state index is -0.262. The number of aryl methyl sites for hydroxylation is 2. The number of rotatable bonds is 4. The van der Waals surface area contributed by atoms with Gasteiger partial charge in [0.05, 0.1) is 33.6 Å². The molecule has 6 nitrogen and oxygen atoms in total. The fourth-order valence-corrected chi connectivity index (χ4v) is 5.99. The molecule has 0 fully saturated rings. The Kier molecular flexibility index (Phi) is 5.16. The molecule has 3 aromatic heterocycles. The fraction of sp³-hybridized carbons (Fsp3) is 0.143. The van der Waals surface area contributed by atoms with Crippen molar-refractivity contribution in [1.29, 1.82) is 5.26 Å². The number of fused-ring (bicyclic) bond motifs is 2. The molecule has 1 aliphatic rings. The van der Waals surface area contributed by atoms with Gasteiger partial charge in [-0.1, -0.05) is 48.5 Å². The lowest BCUT2D eigenvalue weighted by molar-refractivity contribution is 0.102. The van der Waals surface area contributed by atoms with Crippen molar-refractivity contribution in [2.24, 2.45) is 0 Å². The molecule has 1 amide bonds. The molecule has 170 valence electrons. The smallest absolute Gasteiger partial charge is 0.257 e. The van der Waals surface area contributed by atoms with Gasteiger partial charge in [-0.25, -0.2) is 9.67 Å². The second kappa shape index (κ2) is 8.49. The SMILES string of the molecule is Cc1nn(-c2ccccc2)c2nc(-c3ccccc3)cc(C(=O)Nc3sc4c(c3C#N)CCC4)c12. The van der Waals surface area contributed by atoms with Crippen molar-refractivity contribution in [2.75, 3.05) is 5.32 Å². The first-order valence-corrected chi connectivity index (χ1v) is 12.3. The van der Waals surface area contributed by atoms with E-state index in [-0.39, 0.29) is 5.91 Å². The van der Waals surface area contributed by atoms with E-state index in [0.29, 0.717) is 32.9 Å². The Bertz CT molecular complexity index is 1630. The summed E-state index contributed by atoms with van der Waals surface area (Å²) in [7, 11) is 0. The van der Waals surface area contributed by atoms with Crippen LogP contribution in [-0.2, 0) is 12.8 Å². The van der Waals surface area contributed by atoms with Crippen LogP contribution in [0.3, 0.4) is 0 Å². The predicted molar refractivity (Wildman–Crippen MR) is 138 cm³/mol. The maximum atomic E-state index is 13.7. The summed E-state index contributed by atoms with van der Waals surface area (Å²) in [6.45, 7) is 1.89. The number of nitrogens with zero attached hydrogens (tertiary/aromatic N) is 4. The van der Waals surface area contributed by atoms with Gasteiger partial charge in [-0.15, -0.1) is 11.3 Å². The zero-order valence-electron chi connectivity index (χ0n) is 19.1. The van der Waals surface area contributed by atoms with Crippen LogP contribution in [0.2, 0.25) is 0 Å². The number of nitriles is 1. The topological polar surface area (TPSA) is 83.6 Å². The van der Waals surface area contributed by atoms with Crippen LogP contribution in [0, 0.1) is 18.3 Å². The Hall–Kier alpha value is -4.28. The highest BCUT2D eigenvalue weighted by Gasteiger charge is 2.26. The van der Waals surface area contributed by atoms with E-state index >= 15 is 0 Å². The summed E-state index contributed by atoms with van der Waals surface area (Å²) in [5, 5.41) is 18.9. The van der Waals surface area contributed by atoms with Crippen LogP contribution in [0.15, 0.2) is 66.7 Å². The number of anilines is 1. The monoisotopic (exact) mass is 475 g/mol. The molecular formula is C28H21N5OS. The van der Waals surface area contributed by atoms with E-state index in [1.165, 1.54) is 16.2 Å². The molecule has 1 N–H and O–H groups in total. The number of aromatic nitrogens is 3. The van der Waals surface area contributed by atoms with E-state index < -0.39 is 0 Å². The summed E-state index contributed by atoms with van der Waals surface area (Å²) in [6.07, 6.45) is 2.92. The van der Waals surface area contributed by atoms with Gasteiger partial charge in [0.25, 0.3) is 5.91 Å². The number of hydrogen-bond acceptors (Lipinski definition) is 5. The summed E-state index contributed by atoms with van der Waals surface area (Å²) in [6, 6.07) is 23.7. The highest BCUT2D eigenvalue weighted by atomic mass is 32.1. The lowest BCUT2D eigenvalue weighted by Gasteiger charge is -2.10. The van der Waals surface area contributed by atoms with Gasteiger partial charge in [-0.05, 0) is 49.9 Å². The molecule has 3 heterocycles. The molecule has 0 radical (unpaired) electrons. The van der Waals surface area contributed by atoms with Gasteiger partial charge in [-0.3, -0.25) is 4.79 Å². The molecule has 35 heavy (non-hydrogen) atoms. The maximum absolute atomic E-state index is 13.7. The third-order valence-electron chi connectivity index (χ3n) is 6.39. The van der Waals surface area contributed by atoms with Gasteiger partial charge in [0, 0.05) is 10.4 Å². The molecule has 0 aliphatic heterocycles. The second-order valence-corrected chi connectivity index (χ2v) is 9.69. The molecule has 0 unspecified atom stereocenters. The number of hydrogen-bond donors (Lipinski definition) is 1. The number of benzene rings is 2. The molecule has 0 atom stereocenters. The van der Waals surface area contributed by atoms with Crippen LogP contribution >= 0.6 is 11.3 Å². The van der Waals surface area contributed by atoms with Crippen LogP contribution < -0.4 is 5.32 Å². The highest BCUT2D eigenvalue weighted by molar-refractivity contribution is 7.16. The molecule has 0 saturated carbocycles. The normalized spacial score (nSPS) is 12.5. The van der Waals surface area contributed by atoms with E-state index in [9.17, 15) is 10.1 Å². The van der Waals surface area contributed by atoms with Crippen molar-refractivity contribution in [2.45, 2.75) is 26.2 Å². The summed E-state index contributed by atoms with van der Waals surface area (Å²) in [5.41, 5.74) is 5.99. The van der Waals surface area contributed by atoms with Crippen molar-refractivity contribution in [3.8, 4) is 23.0 Å². The summed E-state index contributed by atoms with van der Waals surface area (Å²) < 4.78 is 1.79. The molecule has 5 aromatic rings. The Morgan fingerprint density at radius 3 is 2.57 bits per heavy atom. The molecule has 1 aliphatic carbocycles. The van der Waals surface area contributed by atoms with Crippen molar-refractivity contribution >= 4 is 33.3 Å². The molecule has 7 heteroatoms. The average Bonchev–Trinajstić information content (AvgIpc) is 3.57. The summed E-state index contributed by atoms with van der Waals surface area (Å²) in [4.78, 5) is 19.9. The first-order valence-electron chi connectivity index (χ1n) is 11.5. The predicted octanol–water partition coefficient (Wildman–Crippen LogP) is 6.07. The van der Waals surface area contributed by atoms with Crippen LogP contribution in [-0.4, -0.2) is 20.7 Å². The Morgan fingerprint density at radius 2 is 1.83 bits per heavy atom. The van der Waals surface area contributed by atoms with E-state index in [4.69, 9.17) is 10.1 Å². The van der Waals surface area contributed by atoms with E-state index in [1.807, 2.05) is 73.7 Å². The van der Waals surface area contributed by atoms with Crippen LogP contribution in [0.5, 0.6) is 0 Å². The van der Waals surface area contributed by atoms with Gasteiger partial charge < -0.3 is 5.32 Å². The molecule has 0 bridgehead atoms. The van der Waals surface area contributed by atoms with Gasteiger partial charge in [0.15, 0.2) is 5.65 Å². The molecule has 0 saturated heterocycles. The Morgan fingerprint density at radius 1 is 1.09 bits per heavy atom. The fourth-order valence-electron chi connectivity index (χ4n) is 4.76. The van der Waals surface area contributed by atoms with Gasteiger partial charge in [0.2, 0.25) is 0 Å². The minimum Gasteiger partial charge on any atom is -0.312 e. The first-order chi connectivity index (χ1) is 17.1. The number of nitrogens with one attached hydrogen (secondary N) is 1. The second-order valence-electron chi connectivity index (χ2n) is 8.58. The quantitative estimate of drug-likeness (QED) is 0.342. The zero-order chi connectivity index (χ0) is 23.9. The lowest BCUT2D eigenvalue weighted by Crippen LogP contribution is -2.13. The number of para-hydroxylation sites is 1. The highest BCUT2D eigenvalue weighted by Crippen LogP contribution is 2.39.